The molecule has 0 fully saturated rings. The SMILES string of the molecule is CC/C=C\C/C=C\C/C=C\CCCCCCCCCCCC(=O)OCC(COC(=O)CCCC/C=C\C/C=C\CC)OC(=O)CCCCCCC\C=C/C=C\C=C/CCCCCCC. The molecule has 0 saturated carbocycles. The molecule has 6 heteroatoms. The zero-order valence-electron chi connectivity index (χ0n) is 41.5. The fraction of sp³-hybridized carbons (Fsp3) is 0.672. The van der Waals surface area contributed by atoms with Crippen molar-refractivity contribution >= 4 is 17.9 Å². The number of carbonyl (C=O) groups excluding carboxylic acids is 3. The van der Waals surface area contributed by atoms with Gasteiger partial charge >= 0.3 is 17.9 Å². The van der Waals surface area contributed by atoms with Gasteiger partial charge < -0.3 is 14.2 Å². The molecule has 0 heterocycles. The van der Waals surface area contributed by atoms with Gasteiger partial charge in [0, 0.05) is 19.3 Å². The Morgan fingerprint density at radius 1 is 0.344 bits per heavy atom. The van der Waals surface area contributed by atoms with Crippen LogP contribution in [0.2, 0.25) is 0 Å². The summed E-state index contributed by atoms with van der Waals surface area (Å²) in [6, 6.07) is 0. The summed E-state index contributed by atoms with van der Waals surface area (Å²) in [6.07, 6.45) is 68.3. The van der Waals surface area contributed by atoms with Crippen LogP contribution in [-0.2, 0) is 28.6 Å². The molecular weight excluding hydrogens is 793 g/mol. The van der Waals surface area contributed by atoms with Crippen LogP contribution in [0, 0.1) is 0 Å². The lowest BCUT2D eigenvalue weighted by molar-refractivity contribution is -0.167. The van der Waals surface area contributed by atoms with Gasteiger partial charge in [0.15, 0.2) is 6.10 Å². The molecule has 6 nitrogen and oxygen atoms in total. The molecule has 0 aromatic rings. The zero-order valence-corrected chi connectivity index (χ0v) is 41.5. The van der Waals surface area contributed by atoms with Crippen LogP contribution in [0.15, 0.2) is 97.2 Å². The van der Waals surface area contributed by atoms with Crippen molar-refractivity contribution in [3.63, 3.8) is 0 Å². The Morgan fingerprint density at radius 2 is 0.672 bits per heavy atom. The van der Waals surface area contributed by atoms with Gasteiger partial charge in [-0.1, -0.05) is 208 Å². The first-order chi connectivity index (χ1) is 31.5. The Kier molecular flexibility index (Phi) is 49.0. The first-order valence-corrected chi connectivity index (χ1v) is 26.3. The normalized spacial score (nSPS) is 12.9. The molecule has 0 bridgehead atoms. The van der Waals surface area contributed by atoms with E-state index in [0.29, 0.717) is 19.3 Å². The standard InChI is InChI=1S/C58H96O6/c1-4-7-10-13-16-19-21-23-25-27-29-31-32-34-36-39-42-45-48-51-57(60)63-54-55(53-62-56(59)50-47-44-41-38-18-15-12-9-6-3)64-58(61)52-49-46-43-40-37-35-33-30-28-26-24-22-20-17-14-11-8-5-2/h7,9-10,12,16,18-19,22-26,28,30,33,38,55H,4-6,8,11,13-15,17,20-21,27,29,31-32,34-37,39-54H2,1-3H3/b10-7-,12-9-,19-16-,24-22-,25-23-,28-26-,33-30-,38-18-. The molecular formula is C58H96O6. The summed E-state index contributed by atoms with van der Waals surface area (Å²) in [7, 11) is 0. The van der Waals surface area contributed by atoms with Crippen LogP contribution in [0.5, 0.6) is 0 Å². The molecule has 1 atom stereocenters. The molecule has 64 heavy (non-hydrogen) atoms. The molecule has 0 aliphatic carbocycles. The van der Waals surface area contributed by atoms with Crippen molar-refractivity contribution in [2.45, 2.75) is 239 Å². The second-order valence-corrected chi connectivity index (χ2v) is 17.1. The summed E-state index contributed by atoms with van der Waals surface area (Å²) in [5.74, 6) is -0.966. The number of ether oxygens (including phenoxy) is 3. The first kappa shape index (κ1) is 60.3. The van der Waals surface area contributed by atoms with E-state index in [1.54, 1.807) is 0 Å². The van der Waals surface area contributed by atoms with Gasteiger partial charge in [-0.15, -0.1) is 0 Å². The van der Waals surface area contributed by atoms with Crippen molar-refractivity contribution in [3.8, 4) is 0 Å². The van der Waals surface area contributed by atoms with E-state index in [1.807, 2.05) is 0 Å². The Balaban J connectivity index is 4.38. The Hall–Kier alpha value is -3.67. The molecule has 0 radical (unpaired) electrons. The fourth-order valence-electron chi connectivity index (χ4n) is 6.97. The van der Waals surface area contributed by atoms with E-state index < -0.39 is 6.10 Å². The van der Waals surface area contributed by atoms with E-state index >= 15 is 0 Å². The summed E-state index contributed by atoms with van der Waals surface area (Å²) in [5, 5.41) is 0. The van der Waals surface area contributed by atoms with Crippen LogP contribution >= 0.6 is 0 Å². The Labute approximate surface area is 394 Å². The maximum Gasteiger partial charge on any atom is 0.306 e. The van der Waals surface area contributed by atoms with Gasteiger partial charge in [0.2, 0.25) is 0 Å². The van der Waals surface area contributed by atoms with Crippen molar-refractivity contribution in [1.82, 2.24) is 0 Å². The van der Waals surface area contributed by atoms with Gasteiger partial charge in [0.25, 0.3) is 0 Å². The van der Waals surface area contributed by atoms with Gasteiger partial charge in [0.05, 0.1) is 0 Å². The molecule has 0 spiro atoms. The lowest BCUT2D eigenvalue weighted by Gasteiger charge is -2.18. The minimum Gasteiger partial charge on any atom is -0.462 e. The molecule has 0 saturated heterocycles. The second kappa shape index (κ2) is 52.0. The predicted molar refractivity (Wildman–Crippen MR) is 274 cm³/mol. The van der Waals surface area contributed by atoms with Crippen LogP contribution < -0.4 is 0 Å². The fourth-order valence-corrected chi connectivity index (χ4v) is 6.97. The van der Waals surface area contributed by atoms with Gasteiger partial charge in [-0.05, 0) is 103 Å². The van der Waals surface area contributed by atoms with Gasteiger partial charge in [-0.2, -0.15) is 0 Å². The molecule has 0 aliphatic rings. The summed E-state index contributed by atoms with van der Waals surface area (Å²) >= 11 is 0. The summed E-state index contributed by atoms with van der Waals surface area (Å²) in [6.45, 7) is 6.33. The molecule has 0 aromatic heterocycles. The number of carbonyl (C=O) groups is 3. The van der Waals surface area contributed by atoms with Gasteiger partial charge in [0.1, 0.15) is 13.2 Å². The van der Waals surface area contributed by atoms with Crippen LogP contribution in [0.1, 0.15) is 233 Å². The third-order valence-electron chi connectivity index (χ3n) is 10.9. The highest BCUT2D eigenvalue weighted by atomic mass is 16.6. The number of hydrogen-bond acceptors (Lipinski definition) is 6. The first-order valence-electron chi connectivity index (χ1n) is 26.3. The van der Waals surface area contributed by atoms with Crippen molar-refractivity contribution in [2.75, 3.05) is 13.2 Å². The van der Waals surface area contributed by atoms with Crippen LogP contribution in [0.3, 0.4) is 0 Å². The van der Waals surface area contributed by atoms with Gasteiger partial charge in [-0.25, -0.2) is 0 Å². The summed E-state index contributed by atoms with van der Waals surface area (Å²) in [4.78, 5) is 37.9. The topological polar surface area (TPSA) is 78.9 Å². The number of allylic oxidation sites excluding steroid dienone is 16. The van der Waals surface area contributed by atoms with Crippen molar-refractivity contribution < 1.29 is 28.6 Å². The van der Waals surface area contributed by atoms with Crippen molar-refractivity contribution in [2.24, 2.45) is 0 Å². The van der Waals surface area contributed by atoms with Crippen molar-refractivity contribution in [3.05, 3.63) is 97.2 Å². The van der Waals surface area contributed by atoms with E-state index in [1.165, 1.54) is 77.0 Å². The number of unbranched alkanes of at least 4 members (excludes halogenated alkanes) is 21. The van der Waals surface area contributed by atoms with Crippen molar-refractivity contribution in [1.29, 1.82) is 0 Å². The highest BCUT2D eigenvalue weighted by Crippen LogP contribution is 2.14. The average molecular weight is 889 g/mol. The summed E-state index contributed by atoms with van der Waals surface area (Å²) in [5.41, 5.74) is 0. The summed E-state index contributed by atoms with van der Waals surface area (Å²) < 4.78 is 16.7. The predicted octanol–water partition coefficient (Wildman–Crippen LogP) is 17.4. The van der Waals surface area contributed by atoms with Gasteiger partial charge in [-0.3, -0.25) is 14.4 Å². The number of esters is 3. The van der Waals surface area contributed by atoms with Crippen LogP contribution in [-0.4, -0.2) is 37.2 Å². The van der Waals surface area contributed by atoms with E-state index in [4.69, 9.17) is 14.2 Å². The van der Waals surface area contributed by atoms with E-state index in [2.05, 4.69) is 118 Å². The molecule has 1 unspecified atom stereocenters. The highest BCUT2D eigenvalue weighted by molar-refractivity contribution is 5.71. The van der Waals surface area contributed by atoms with E-state index in [0.717, 1.165) is 116 Å². The molecule has 0 aliphatic heterocycles. The Morgan fingerprint density at radius 3 is 1.11 bits per heavy atom. The lowest BCUT2D eigenvalue weighted by Crippen LogP contribution is -2.30. The molecule has 0 aromatic carbocycles. The zero-order chi connectivity index (χ0) is 46.5. The average Bonchev–Trinajstić information content (AvgIpc) is 3.29. The molecule has 0 amide bonds. The largest absolute Gasteiger partial charge is 0.462 e. The lowest BCUT2D eigenvalue weighted by atomic mass is 10.1. The van der Waals surface area contributed by atoms with E-state index in [9.17, 15) is 14.4 Å². The number of hydrogen-bond donors (Lipinski definition) is 0. The van der Waals surface area contributed by atoms with E-state index in [-0.39, 0.29) is 31.1 Å². The maximum absolute atomic E-state index is 12.8. The smallest absolute Gasteiger partial charge is 0.306 e. The molecule has 364 valence electrons. The maximum atomic E-state index is 12.8. The quantitative estimate of drug-likeness (QED) is 0.0199. The Bertz CT molecular complexity index is 1300. The third kappa shape index (κ3) is 49.3. The van der Waals surface area contributed by atoms with Crippen LogP contribution in [0.25, 0.3) is 0 Å². The monoisotopic (exact) mass is 889 g/mol. The minimum atomic E-state index is -0.803. The third-order valence-corrected chi connectivity index (χ3v) is 10.9. The highest BCUT2D eigenvalue weighted by Gasteiger charge is 2.19. The molecule has 0 rings (SSSR count). The molecule has 0 N–H and O–H groups in total. The minimum absolute atomic E-state index is 0.100. The second-order valence-electron chi connectivity index (χ2n) is 17.1. The number of rotatable bonds is 46. The van der Waals surface area contributed by atoms with Crippen LogP contribution in [0.4, 0.5) is 0 Å².